The zero-order valence-electron chi connectivity index (χ0n) is 43.5. The fourth-order valence-corrected chi connectivity index (χ4v) is 11.4. The van der Waals surface area contributed by atoms with E-state index in [1.54, 1.807) is 79.2 Å². The van der Waals surface area contributed by atoms with Gasteiger partial charge in [0.05, 0.1) is 61.3 Å². The van der Waals surface area contributed by atoms with Crippen molar-refractivity contribution in [1.29, 1.82) is 0 Å². The summed E-state index contributed by atoms with van der Waals surface area (Å²) >= 11 is 1.37. The Bertz CT molecular complexity index is 3060. The lowest BCUT2D eigenvalue weighted by atomic mass is 9.83. The van der Waals surface area contributed by atoms with Crippen LogP contribution in [-0.4, -0.2) is 158 Å². The maximum absolute atomic E-state index is 15.7. The lowest BCUT2D eigenvalue weighted by Gasteiger charge is -2.35. The third kappa shape index (κ3) is 12.7. The fourth-order valence-electron chi connectivity index (χ4n) is 10.4. The van der Waals surface area contributed by atoms with Crippen LogP contribution in [0.25, 0.3) is 16.9 Å². The number of fused-ring (bicyclic) bond motifs is 1. The summed E-state index contributed by atoms with van der Waals surface area (Å²) < 4.78 is 29.2. The van der Waals surface area contributed by atoms with Gasteiger partial charge >= 0.3 is 0 Å². The van der Waals surface area contributed by atoms with Crippen LogP contribution < -0.4 is 26.0 Å². The van der Waals surface area contributed by atoms with Gasteiger partial charge in [-0.3, -0.25) is 38.4 Å². The first kappa shape index (κ1) is 53.3. The lowest BCUT2D eigenvalue weighted by molar-refractivity contribution is -0.139. The third-order valence-electron chi connectivity index (χ3n) is 15.0. The number of nitrogens with one attached hydrogen (secondary N) is 5. The number of aromatic nitrogens is 6. The van der Waals surface area contributed by atoms with Crippen molar-refractivity contribution in [2.75, 3.05) is 78.0 Å². The SMILES string of the molecule is CN[C@@H](C)C(=O)N[C@H](C(=O)N1CCC[C@H]1c1nc(C(=O)c2cccc(OCCOCCNC(=O)CN3CCN(C(=O)c4ccc(Nc5nc(C6CC6)cn6c(-c7cn[nH]c7)cnc56)c(F)c4)CC3)c2)cs1)C1CCCCC1. The van der Waals surface area contributed by atoms with Gasteiger partial charge in [0.1, 0.15) is 34.9 Å². The highest BCUT2D eigenvalue weighted by atomic mass is 32.1. The van der Waals surface area contributed by atoms with E-state index < -0.39 is 17.9 Å². The third-order valence-corrected chi connectivity index (χ3v) is 16.0. The average molecular weight is 1070 g/mol. The van der Waals surface area contributed by atoms with E-state index in [9.17, 15) is 24.0 Å². The molecule has 2 saturated heterocycles. The van der Waals surface area contributed by atoms with E-state index >= 15 is 4.39 Å². The van der Waals surface area contributed by atoms with Crippen molar-refractivity contribution >= 4 is 57.9 Å². The number of aromatic amines is 1. The molecule has 4 amide bonds. The van der Waals surface area contributed by atoms with Gasteiger partial charge in [0, 0.05) is 79.7 Å². The summed E-state index contributed by atoms with van der Waals surface area (Å²) in [6.45, 7) is 5.32. The number of rotatable bonds is 22. The van der Waals surface area contributed by atoms with Crippen molar-refractivity contribution in [3.63, 3.8) is 0 Å². The first-order valence-corrected chi connectivity index (χ1v) is 27.7. The first-order chi connectivity index (χ1) is 37.5. The number of hydrogen-bond donors (Lipinski definition) is 5. The molecule has 0 radical (unpaired) electrons. The number of amides is 4. The Morgan fingerprint density at radius 2 is 1.73 bits per heavy atom. The van der Waals surface area contributed by atoms with Crippen LogP contribution in [0.5, 0.6) is 5.75 Å². The summed E-state index contributed by atoms with van der Waals surface area (Å²) in [5.41, 5.74) is 4.27. The van der Waals surface area contributed by atoms with Gasteiger partial charge in [-0.15, -0.1) is 11.3 Å². The highest BCUT2D eigenvalue weighted by Crippen LogP contribution is 2.41. The lowest BCUT2D eigenvalue weighted by Crippen LogP contribution is -2.55. The van der Waals surface area contributed by atoms with E-state index in [1.807, 2.05) is 20.4 Å². The molecular weight excluding hydrogens is 1010 g/mol. The number of hydrogen-bond acceptors (Lipinski definition) is 15. The van der Waals surface area contributed by atoms with Crippen LogP contribution in [0, 0.1) is 11.7 Å². The minimum Gasteiger partial charge on any atom is -0.491 e. The largest absolute Gasteiger partial charge is 0.491 e. The Hall–Kier alpha value is -7.14. The number of carbonyl (C=O) groups excluding carboxylic acids is 5. The molecule has 2 aromatic carbocycles. The number of imidazole rings is 1. The van der Waals surface area contributed by atoms with Crippen LogP contribution in [0.4, 0.5) is 15.9 Å². The van der Waals surface area contributed by atoms with Crippen LogP contribution in [0.1, 0.15) is 114 Å². The van der Waals surface area contributed by atoms with Crippen LogP contribution in [-0.2, 0) is 19.1 Å². The predicted octanol–water partition coefficient (Wildman–Crippen LogP) is 5.87. The zero-order chi connectivity index (χ0) is 53.4. The smallest absolute Gasteiger partial charge is 0.254 e. The van der Waals surface area contributed by atoms with Crippen molar-refractivity contribution < 1.29 is 37.8 Å². The summed E-state index contributed by atoms with van der Waals surface area (Å²) in [5.74, 6) is -0.213. The molecule has 0 bridgehead atoms. The molecule has 10 rings (SSSR count). The maximum Gasteiger partial charge on any atom is 0.254 e. The van der Waals surface area contributed by atoms with Gasteiger partial charge in [0.15, 0.2) is 11.5 Å². The quantitative estimate of drug-likeness (QED) is 0.0395. The molecule has 6 aromatic rings. The number of piperazine rings is 1. The Balaban J connectivity index is 0.628. The van der Waals surface area contributed by atoms with Gasteiger partial charge in [-0.1, -0.05) is 31.4 Å². The number of benzene rings is 2. The summed E-state index contributed by atoms with van der Waals surface area (Å²) in [6.07, 6.45) is 15.9. The van der Waals surface area contributed by atoms with Crippen molar-refractivity contribution in [1.82, 2.24) is 60.2 Å². The van der Waals surface area contributed by atoms with Crippen molar-refractivity contribution in [3.8, 4) is 17.0 Å². The first-order valence-electron chi connectivity index (χ1n) is 26.8. The zero-order valence-corrected chi connectivity index (χ0v) is 44.3. The molecule has 2 saturated carbocycles. The molecule has 6 heterocycles. The molecule has 2 aliphatic heterocycles. The monoisotopic (exact) mass is 1070 g/mol. The van der Waals surface area contributed by atoms with E-state index in [-0.39, 0.29) is 79.0 Å². The average Bonchev–Trinajstić information content (AvgIpc) is 3.94. The fraction of sp³-hybridized carbons (Fsp3) is 0.473. The van der Waals surface area contributed by atoms with Gasteiger partial charge in [0.2, 0.25) is 23.5 Å². The van der Waals surface area contributed by atoms with Gasteiger partial charge in [0.25, 0.3) is 5.91 Å². The second-order valence-corrected chi connectivity index (χ2v) is 21.2. The van der Waals surface area contributed by atoms with Crippen molar-refractivity contribution in [2.45, 2.75) is 88.8 Å². The minimum absolute atomic E-state index is 0.0756. The predicted molar refractivity (Wildman–Crippen MR) is 287 cm³/mol. The van der Waals surface area contributed by atoms with Crippen molar-refractivity contribution in [3.05, 3.63) is 106 Å². The van der Waals surface area contributed by atoms with E-state index in [0.29, 0.717) is 78.7 Å². The van der Waals surface area contributed by atoms with Crippen LogP contribution in [0.2, 0.25) is 0 Å². The number of nitrogens with zero attached hydrogens (tertiary/aromatic N) is 8. The number of thiazole rings is 1. The van der Waals surface area contributed by atoms with Crippen LogP contribution in [0.15, 0.2) is 72.6 Å². The molecule has 77 heavy (non-hydrogen) atoms. The number of ketones is 1. The summed E-state index contributed by atoms with van der Waals surface area (Å²) in [7, 11) is 1.73. The minimum atomic E-state index is -0.599. The number of likely N-dealkylation sites (tertiary alicyclic amines) is 1. The Kier molecular flexibility index (Phi) is 16.9. The molecule has 4 aromatic heterocycles. The second kappa shape index (κ2) is 24.5. The molecule has 0 spiro atoms. The number of ether oxygens (including phenoxy) is 2. The Morgan fingerprint density at radius 3 is 2.49 bits per heavy atom. The van der Waals surface area contributed by atoms with Crippen LogP contribution >= 0.6 is 11.3 Å². The van der Waals surface area contributed by atoms with E-state index in [0.717, 1.165) is 74.7 Å². The number of H-pyrrole nitrogens is 1. The van der Waals surface area contributed by atoms with Crippen molar-refractivity contribution in [2.24, 2.45) is 5.92 Å². The standard InChI is InChI=1S/C55H66FN13O7S/c1-34(57-2)52(72)65-48(36-8-4-3-5-9-36)55(74)68-18-7-12-45(68)53-64-44(33-77-53)49(71)37-10-6-11-40(26-37)76-25-24-75-23-17-58-47(70)32-66-19-21-67(22-20-66)54(73)38-15-16-42(41(56)27-38)62-50-51-59-30-46(39-28-60-61-29-39)69(51)31-43(63-50)35-13-14-35/h6,10-11,15-16,26-31,33-36,45,48,57H,3-5,7-9,12-14,17-25,32H2,1-2H3,(H,58,70)(H,60,61)(H,62,63)(H,65,72)/t34-,45-,48-/m0/s1. The molecule has 4 aliphatic rings. The molecular formula is C55H66FN13O7S. The van der Waals surface area contributed by atoms with Crippen LogP contribution in [0.3, 0.4) is 0 Å². The molecule has 20 nitrogen and oxygen atoms in total. The summed E-state index contributed by atoms with van der Waals surface area (Å²) in [6, 6.07) is 10.0. The topological polar surface area (TPSA) is 233 Å². The van der Waals surface area contributed by atoms with Gasteiger partial charge in [-0.05, 0) is 88.7 Å². The molecule has 406 valence electrons. The molecule has 0 unspecified atom stereocenters. The number of halogens is 1. The summed E-state index contributed by atoms with van der Waals surface area (Å²) in [4.78, 5) is 86.8. The van der Waals surface area contributed by atoms with E-state index in [1.165, 1.54) is 17.4 Å². The number of carbonyl (C=O) groups is 5. The highest BCUT2D eigenvalue weighted by molar-refractivity contribution is 7.10. The Morgan fingerprint density at radius 1 is 0.896 bits per heavy atom. The second-order valence-electron chi connectivity index (χ2n) is 20.3. The van der Waals surface area contributed by atoms with E-state index in [2.05, 4.69) is 36.4 Å². The van der Waals surface area contributed by atoms with Gasteiger partial charge in [-0.25, -0.2) is 19.3 Å². The number of likely N-dealkylation sites (N-methyl/N-ethyl adjacent to an activating group) is 1. The highest BCUT2D eigenvalue weighted by Gasteiger charge is 2.40. The summed E-state index contributed by atoms with van der Waals surface area (Å²) in [5, 5.41) is 21.4. The maximum atomic E-state index is 15.7. The molecule has 4 fully saturated rings. The number of anilines is 2. The Labute approximate surface area is 449 Å². The molecule has 22 heteroatoms. The molecule has 2 aliphatic carbocycles. The molecule has 3 atom stereocenters. The van der Waals surface area contributed by atoms with Gasteiger partial charge in [-0.2, -0.15) is 5.10 Å². The normalized spacial score (nSPS) is 18.0. The van der Waals surface area contributed by atoms with Gasteiger partial charge < -0.3 is 40.5 Å². The molecule has 5 N–H and O–H groups in total. The van der Waals surface area contributed by atoms with E-state index in [4.69, 9.17) is 19.4 Å².